The summed E-state index contributed by atoms with van der Waals surface area (Å²) in [5.41, 5.74) is 0. The number of hydrogen-bond acceptors (Lipinski definition) is 3. The van der Waals surface area contributed by atoms with Gasteiger partial charge in [0.05, 0.1) is 17.9 Å². The zero-order valence-corrected chi connectivity index (χ0v) is 7.54. The van der Waals surface area contributed by atoms with Crippen LogP contribution in [0.1, 0.15) is 4.88 Å². The number of rotatable bonds is 2. The summed E-state index contributed by atoms with van der Waals surface area (Å²) in [6, 6.07) is 3.59. The molecule has 0 bridgehead atoms. The third kappa shape index (κ3) is 2.52. The van der Waals surface area contributed by atoms with Gasteiger partial charge >= 0.3 is 5.97 Å². The van der Waals surface area contributed by atoms with Crippen LogP contribution in [0.15, 0.2) is 12.1 Å². The third-order valence-corrected chi connectivity index (χ3v) is 2.41. The minimum Gasteiger partial charge on any atom is -0.469 e. The zero-order chi connectivity index (χ0) is 8.27. The van der Waals surface area contributed by atoms with E-state index in [4.69, 9.17) is 11.6 Å². The summed E-state index contributed by atoms with van der Waals surface area (Å²) in [6.45, 7) is 0. The molecule has 0 saturated heterocycles. The van der Waals surface area contributed by atoms with Gasteiger partial charge in [0.15, 0.2) is 0 Å². The first-order chi connectivity index (χ1) is 5.22. The molecule has 1 rings (SSSR count). The maximum absolute atomic E-state index is 10.7. The molecule has 0 aromatic carbocycles. The standard InChI is InChI=1S/C7H7ClO2S/c1-10-7(9)4-5-2-3-6(8)11-5/h2-3H,4H2,1H3. The molecule has 0 aliphatic carbocycles. The van der Waals surface area contributed by atoms with Crippen LogP contribution >= 0.6 is 22.9 Å². The average Bonchev–Trinajstić information content (AvgIpc) is 2.35. The fourth-order valence-corrected chi connectivity index (χ4v) is 1.73. The molecular formula is C7H7ClO2S. The van der Waals surface area contributed by atoms with Crippen LogP contribution < -0.4 is 0 Å². The summed E-state index contributed by atoms with van der Waals surface area (Å²) in [5.74, 6) is -0.233. The lowest BCUT2D eigenvalue weighted by molar-refractivity contribution is -0.139. The number of carbonyl (C=O) groups excluding carboxylic acids is 1. The Morgan fingerprint density at radius 2 is 2.45 bits per heavy atom. The maximum atomic E-state index is 10.7. The minimum atomic E-state index is -0.233. The number of hydrogen-bond donors (Lipinski definition) is 0. The molecule has 11 heavy (non-hydrogen) atoms. The molecule has 0 aliphatic heterocycles. The molecule has 0 saturated carbocycles. The minimum absolute atomic E-state index is 0.233. The lowest BCUT2D eigenvalue weighted by Crippen LogP contribution is -2.02. The zero-order valence-electron chi connectivity index (χ0n) is 5.96. The molecule has 0 fully saturated rings. The van der Waals surface area contributed by atoms with Gasteiger partial charge in [-0.1, -0.05) is 11.6 Å². The number of halogens is 1. The predicted molar refractivity (Wildman–Crippen MR) is 45.0 cm³/mol. The Morgan fingerprint density at radius 1 is 1.73 bits per heavy atom. The summed E-state index contributed by atoms with van der Waals surface area (Å²) >= 11 is 7.05. The van der Waals surface area contributed by atoms with Gasteiger partial charge in [0.25, 0.3) is 0 Å². The molecule has 4 heteroatoms. The van der Waals surface area contributed by atoms with Gasteiger partial charge in [-0.2, -0.15) is 0 Å². The molecule has 1 aromatic rings. The second kappa shape index (κ2) is 3.74. The Morgan fingerprint density at radius 3 is 2.91 bits per heavy atom. The van der Waals surface area contributed by atoms with Crippen LogP contribution in [-0.4, -0.2) is 13.1 Å². The molecular weight excluding hydrogens is 184 g/mol. The van der Waals surface area contributed by atoms with Gasteiger partial charge < -0.3 is 4.74 Å². The maximum Gasteiger partial charge on any atom is 0.310 e. The van der Waals surface area contributed by atoms with Crippen molar-refractivity contribution in [2.24, 2.45) is 0 Å². The van der Waals surface area contributed by atoms with Crippen LogP contribution in [0.4, 0.5) is 0 Å². The molecule has 1 aromatic heterocycles. The van der Waals surface area contributed by atoms with Gasteiger partial charge in [0.1, 0.15) is 0 Å². The van der Waals surface area contributed by atoms with E-state index in [1.807, 2.05) is 6.07 Å². The molecule has 0 atom stereocenters. The van der Waals surface area contributed by atoms with Crippen LogP contribution in [0.3, 0.4) is 0 Å². The highest BCUT2D eigenvalue weighted by Gasteiger charge is 2.04. The summed E-state index contributed by atoms with van der Waals surface area (Å²) in [6.07, 6.45) is 0.313. The van der Waals surface area contributed by atoms with Crippen molar-refractivity contribution >= 4 is 28.9 Å². The summed E-state index contributed by atoms with van der Waals surface area (Å²) in [5, 5.41) is 0. The quantitative estimate of drug-likeness (QED) is 0.668. The van der Waals surface area contributed by atoms with Crippen molar-refractivity contribution in [1.29, 1.82) is 0 Å². The van der Waals surface area contributed by atoms with E-state index in [1.165, 1.54) is 18.4 Å². The second-order valence-corrected chi connectivity index (χ2v) is 3.76. The Kier molecular flexibility index (Phi) is 2.91. The third-order valence-electron chi connectivity index (χ3n) is 1.18. The van der Waals surface area contributed by atoms with E-state index in [-0.39, 0.29) is 5.97 Å². The van der Waals surface area contributed by atoms with E-state index < -0.39 is 0 Å². The number of esters is 1. The van der Waals surface area contributed by atoms with Crippen LogP contribution in [0.5, 0.6) is 0 Å². The van der Waals surface area contributed by atoms with E-state index in [1.54, 1.807) is 6.07 Å². The van der Waals surface area contributed by atoms with E-state index in [0.717, 1.165) is 4.88 Å². The topological polar surface area (TPSA) is 26.3 Å². The van der Waals surface area contributed by atoms with Crippen molar-refractivity contribution in [1.82, 2.24) is 0 Å². The van der Waals surface area contributed by atoms with Gasteiger partial charge in [0.2, 0.25) is 0 Å². The van der Waals surface area contributed by atoms with E-state index >= 15 is 0 Å². The lowest BCUT2D eigenvalue weighted by atomic mass is 10.3. The predicted octanol–water partition coefficient (Wildman–Crippen LogP) is 2.12. The molecule has 0 radical (unpaired) electrons. The number of carbonyl (C=O) groups is 1. The highest BCUT2D eigenvalue weighted by Crippen LogP contribution is 2.21. The Labute approximate surface area is 73.7 Å². The van der Waals surface area contributed by atoms with Crippen LogP contribution in [-0.2, 0) is 16.0 Å². The first kappa shape index (κ1) is 8.56. The van der Waals surface area contributed by atoms with E-state index in [0.29, 0.717) is 10.8 Å². The van der Waals surface area contributed by atoms with Crippen molar-refractivity contribution in [3.05, 3.63) is 21.3 Å². The number of thiophene rings is 1. The van der Waals surface area contributed by atoms with Crippen LogP contribution in [0.2, 0.25) is 4.34 Å². The van der Waals surface area contributed by atoms with Crippen molar-refractivity contribution in [3.8, 4) is 0 Å². The molecule has 1 heterocycles. The van der Waals surface area contributed by atoms with Crippen LogP contribution in [0, 0.1) is 0 Å². The Hall–Kier alpha value is -0.540. The molecule has 0 unspecified atom stereocenters. The first-order valence-electron chi connectivity index (χ1n) is 3.03. The van der Waals surface area contributed by atoms with E-state index in [9.17, 15) is 4.79 Å². The summed E-state index contributed by atoms with van der Waals surface area (Å²) < 4.78 is 5.19. The highest BCUT2D eigenvalue weighted by atomic mass is 35.5. The fraction of sp³-hybridized carbons (Fsp3) is 0.286. The SMILES string of the molecule is COC(=O)Cc1ccc(Cl)s1. The Balaban J connectivity index is 2.57. The molecule has 0 spiro atoms. The molecule has 60 valence electrons. The fourth-order valence-electron chi connectivity index (χ4n) is 0.661. The normalized spacial score (nSPS) is 9.64. The van der Waals surface area contributed by atoms with Gasteiger partial charge in [-0.25, -0.2) is 0 Å². The molecule has 0 N–H and O–H groups in total. The Bertz CT molecular complexity index is 257. The van der Waals surface area contributed by atoms with Crippen molar-refractivity contribution in [2.45, 2.75) is 6.42 Å². The van der Waals surface area contributed by atoms with Crippen molar-refractivity contribution in [2.75, 3.05) is 7.11 Å². The van der Waals surface area contributed by atoms with Gasteiger partial charge in [-0.15, -0.1) is 11.3 Å². The first-order valence-corrected chi connectivity index (χ1v) is 4.23. The van der Waals surface area contributed by atoms with E-state index in [2.05, 4.69) is 4.74 Å². The van der Waals surface area contributed by atoms with Crippen molar-refractivity contribution in [3.63, 3.8) is 0 Å². The molecule has 0 aliphatic rings. The highest BCUT2D eigenvalue weighted by molar-refractivity contribution is 7.16. The summed E-state index contributed by atoms with van der Waals surface area (Å²) in [4.78, 5) is 11.7. The largest absolute Gasteiger partial charge is 0.469 e. The van der Waals surface area contributed by atoms with Gasteiger partial charge in [-0.3, -0.25) is 4.79 Å². The van der Waals surface area contributed by atoms with Crippen LogP contribution in [0.25, 0.3) is 0 Å². The number of methoxy groups -OCH3 is 1. The second-order valence-electron chi connectivity index (χ2n) is 1.96. The molecule has 2 nitrogen and oxygen atoms in total. The average molecular weight is 191 g/mol. The lowest BCUT2D eigenvalue weighted by Gasteiger charge is -1.93. The van der Waals surface area contributed by atoms with Crippen molar-refractivity contribution < 1.29 is 9.53 Å². The summed E-state index contributed by atoms with van der Waals surface area (Å²) in [7, 11) is 1.37. The van der Waals surface area contributed by atoms with Gasteiger partial charge in [-0.05, 0) is 12.1 Å². The smallest absolute Gasteiger partial charge is 0.310 e. The monoisotopic (exact) mass is 190 g/mol. The molecule has 0 amide bonds. The number of ether oxygens (including phenoxy) is 1. The van der Waals surface area contributed by atoms with Gasteiger partial charge in [0, 0.05) is 4.88 Å².